The topological polar surface area (TPSA) is 150 Å². The number of nitriles is 1. The van der Waals surface area contributed by atoms with Gasteiger partial charge in [0.25, 0.3) is 0 Å². The molecule has 0 amide bonds. The molecule has 9 nitrogen and oxygen atoms in total. The molecule has 1 saturated heterocycles. The fourth-order valence-electron chi connectivity index (χ4n) is 2.49. The first-order valence-corrected chi connectivity index (χ1v) is 6.18. The molecule has 0 aromatic carbocycles. The summed E-state index contributed by atoms with van der Waals surface area (Å²) in [6.07, 6.45) is -2.70. The molecule has 5 N–H and O–H groups in total. The van der Waals surface area contributed by atoms with E-state index >= 15 is 0 Å². The van der Waals surface area contributed by atoms with E-state index in [-0.39, 0.29) is 5.82 Å². The van der Waals surface area contributed by atoms with Crippen molar-refractivity contribution < 1.29 is 20.1 Å². The minimum Gasteiger partial charge on any atom is -0.392 e. The maximum Gasteiger partial charge on any atom is 0.206 e. The number of aliphatic hydroxyl groups excluding tert-OH is 3. The lowest BCUT2D eigenvalue weighted by molar-refractivity contribution is -0.0746. The van der Waals surface area contributed by atoms with Gasteiger partial charge in [0.05, 0.1) is 12.3 Å². The van der Waals surface area contributed by atoms with Gasteiger partial charge in [-0.05, 0) is 12.1 Å². The molecular weight excluding hydrogens is 278 g/mol. The molecular formula is C12H13N5O4. The van der Waals surface area contributed by atoms with Crippen LogP contribution in [0, 0.1) is 11.3 Å². The molecule has 2 aromatic rings. The molecule has 1 aliphatic rings. The summed E-state index contributed by atoms with van der Waals surface area (Å²) in [5.41, 5.74) is 4.76. The van der Waals surface area contributed by atoms with Gasteiger partial charge in [-0.15, -0.1) is 0 Å². The Morgan fingerprint density at radius 1 is 1.48 bits per heavy atom. The van der Waals surface area contributed by atoms with Crippen molar-refractivity contribution in [3.05, 3.63) is 24.2 Å². The van der Waals surface area contributed by atoms with E-state index in [0.29, 0.717) is 11.2 Å². The van der Waals surface area contributed by atoms with Gasteiger partial charge in [-0.2, -0.15) is 10.4 Å². The first-order valence-electron chi connectivity index (χ1n) is 6.18. The van der Waals surface area contributed by atoms with Gasteiger partial charge in [0.1, 0.15) is 36.2 Å². The lowest BCUT2D eigenvalue weighted by Crippen LogP contribution is -2.44. The molecule has 4 atom stereocenters. The Bertz CT molecular complexity index is 726. The fourth-order valence-corrected chi connectivity index (χ4v) is 2.49. The molecule has 0 bridgehead atoms. The Kier molecular flexibility index (Phi) is 3.03. The van der Waals surface area contributed by atoms with E-state index in [1.54, 1.807) is 18.2 Å². The highest BCUT2D eigenvalue weighted by atomic mass is 16.6. The lowest BCUT2D eigenvalue weighted by Gasteiger charge is -2.21. The van der Waals surface area contributed by atoms with Crippen LogP contribution in [0.3, 0.4) is 0 Å². The van der Waals surface area contributed by atoms with Crippen LogP contribution in [0.15, 0.2) is 18.5 Å². The van der Waals surface area contributed by atoms with E-state index in [2.05, 4.69) is 10.1 Å². The summed E-state index contributed by atoms with van der Waals surface area (Å²) in [4.78, 5) is 3.84. The number of aromatic nitrogens is 3. The molecule has 1 aliphatic heterocycles. The van der Waals surface area contributed by atoms with Gasteiger partial charge in [-0.3, -0.25) is 0 Å². The standard InChI is InChI=1S/C12H13N5O4/c13-3-12(4-18)10(20)8(19)9(21-12)6-1-2-7-11(14)15-5-16-17(6)7/h1-2,5,8-10,18-20H,4H2,(H2,14,15,16). The van der Waals surface area contributed by atoms with Crippen LogP contribution in [0.1, 0.15) is 11.8 Å². The molecule has 3 rings (SSSR count). The van der Waals surface area contributed by atoms with Crippen molar-refractivity contribution in [2.45, 2.75) is 23.9 Å². The third-order valence-corrected chi connectivity index (χ3v) is 3.68. The molecule has 1 fully saturated rings. The molecule has 3 heterocycles. The van der Waals surface area contributed by atoms with E-state index in [1.165, 1.54) is 10.8 Å². The van der Waals surface area contributed by atoms with Gasteiger partial charge in [-0.1, -0.05) is 0 Å². The zero-order chi connectivity index (χ0) is 15.2. The predicted molar refractivity (Wildman–Crippen MR) is 68.7 cm³/mol. The van der Waals surface area contributed by atoms with Crippen molar-refractivity contribution in [2.75, 3.05) is 12.3 Å². The summed E-state index contributed by atoms with van der Waals surface area (Å²) < 4.78 is 6.84. The Balaban J connectivity index is 2.08. The van der Waals surface area contributed by atoms with Gasteiger partial charge in [0.2, 0.25) is 5.60 Å². The maximum atomic E-state index is 10.1. The SMILES string of the molecule is N#CC1(CO)OC(c2ccc3c(N)ncnn23)C(O)C1O. The Morgan fingerprint density at radius 2 is 2.24 bits per heavy atom. The van der Waals surface area contributed by atoms with Gasteiger partial charge >= 0.3 is 0 Å². The molecule has 0 spiro atoms. The number of anilines is 1. The van der Waals surface area contributed by atoms with E-state index in [1.807, 2.05) is 0 Å². The van der Waals surface area contributed by atoms with Gasteiger partial charge < -0.3 is 25.8 Å². The van der Waals surface area contributed by atoms with Crippen LogP contribution < -0.4 is 5.73 Å². The van der Waals surface area contributed by atoms with Crippen molar-refractivity contribution in [3.63, 3.8) is 0 Å². The van der Waals surface area contributed by atoms with Crippen LogP contribution in [0.25, 0.3) is 5.52 Å². The monoisotopic (exact) mass is 291 g/mol. The Hall–Kier alpha value is -2.25. The highest BCUT2D eigenvalue weighted by Gasteiger charge is 2.55. The van der Waals surface area contributed by atoms with E-state index < -0.39 is 30.5 Å². The summed E-state index contributed by atoms with van der Waals surface area (Å²) in [5.74, 6) is 0.248. The van der Waals surface area contributed by atoms with Crippen LogP contribution in [-0.4, -0.2) is 54.3 Å². The lowest BCUT2D eigenvalue weighted by atomic mass is 9.96. The molecule has 0 saturated carbocycles. The Morgan fingerprint density at radius 3 is 2.86 bits per heavy atom. The average molecular weight is 291 g/mol. The van der Waals surface area contributed by atoms with E-state index in [0.717, 1.165) is 0 Å². The number of aliphatic hydroxyl groups is 3. The first kappa shape index (κ1) is 13.7. The highest BCUT2D eigenvalue weighted by Crippen LogP contribution is 2.40. The van der Waals surface area contributed by atoms with Crippen LogP contribution in [0.5, 0.6) is 0 Å². The summed E-state index contributed by atoms with van der Waals surface area (Å²) in [7, 11) is 0. The van der Waals surface area contributed by atoms with Crippen molar-refractivity contribution in [1.29, 1.82) is 5.26 Å². The smallest absolute Gasteiger partial charge is 0.206 e. The third-order valence-electron chi connectivity index (χ3n) is 3.68. The maximum absolute atomic E-state index is 10.1. The number of rotatable bonds is 2. The summed E-state index contributed by atoms with van der Waals surface area (Å²) in [5, 5.41) is 42.5. The van der Waals surface area contributed by atoms with Crippen LogP contribution in [0.2, 0.25) is 0 Å². The minimum atomic E-state index is -1.87. The average Bonchev–Trinajstić information content (AvgIpc) is 3.02. The first-order chi connectivity index (χ1) is 10.0. The normalized spacial score (nSPS) is 32.4. The largest absolute Gasteiger partial charge is 0.392 e. The van der Waals surface area contributed by atoms with Gasteiger partial charge in [0.15, 0.2) is 5.82 Å². The molecule has 0 aliphatic carbocycles. The fraction of sp³-hybridized carbons (Fsp3) is 0.417. The third kappa shape index (κ3) is 1.78. The quantitative estimate of drug-likeness (QED) is 0.514. The molecule has 21 heavy (non-hydrogen) atoms. The van der Waals surface area contributed by atoms with Crippen molar-refractivity contribution in [1.82, 2.24) is 14.6 Å². The summed E-state index contributed by atoms with van der Waals surface area (Å²) in [6.45, 7) is -0.737. The number of ether oxygens (including phenoxy) is 1. The highest BCUT2D eigenvalue weighted by molar-refractivity contribution is 5.65. The second-order valence-electron chi connectivity index (χ2n) is 4.83. The summed E-state index contributed by atoms with van der Waals surface area (Å²) >= 11 is 0. The number of fused-ring (bicyclic) bond motifs is 1. The predicted octanol–water partition coefficient (Wildman–Crippen LogP) is -1.64. The molecule has 0 radical (unpaired) electrons. The molecule has 9 heteroatoms. The van der Waals surface area contributed by atoms with Gasteiger partial charge in [-0.25, -0.2) is 9.50 Å². The van der Waals surface area contributed by atoms with Crippen LogP contribution >= 0.6 is 0 Å². The second kappa shape index (κ2) is 4.64. The zero-order valence-corrected chi connectivity index (χ0v) is 10.8. The molecule has 110 valence electrons. The molecule has 4 unspecified atom stereocenters. The molecule has 2 aromatic heterocycles. The van der Waals surface area contributed by atoms with E-state index in [9.17, 15) is 15.3 Å². The number of nitrogens with two attached hydrogens (primary N) is 1. The van der Waals surface area contributed by atoms with Crippen LogP contribution in [0.4, 0.5) is 5.82 Å². The summed E-state index contributed by atoms with van der Waals surface area (Å²) in [6, 6.07) is 4.95. The number of nitrogens with zero attached hydrogens (tertiary/aromatic N) is 4. The number of nitrogen functional groups attached to an aromatic ring is 1. The van der Waals surface area contributed by atoms with Crippen molar-refractivity contribution in [2.24, 2.45) is 0 Å². The minimum absolute atomic E-state index is 0.248. The Labute approximate surface area is 118 Å². The van der Waals surface area contributed by atoms with E-state index in [4.69, 9.17) is 15.7 Å². The second-order valence-corrected chi connectivity index (χ2v) is 4.83. The van der Waals surface area contributed by atoms with Gasteiger partial charge in [0, 0.05) is 0 Å². The van der Waals surface area contributed by atoms with Crippen LogP contribution in [-0.2, 0) is 4.74 Å². The number of hydrogen-bond donors (Lipinski definition) is 4. The number of hydrogen-bond acceptors (Lipinski definition) is 8. The van der Waals surface area contributed by atoms with Crippen molar-refractivity contribution >= 4 is 11.3 Å². The zero-order valence-electron chi connectivity index (χ0n) is 10.8. The van der Waals surface area contributed by atoms with Crippen molar-refractivity contribution in [3.8, 4) is 6.07 Å².